The number of methoxy groups -OCH3 is 1. The zero-order chi connectivity index (χ0) is 21.6. The molecule has 9 heteroatoms. The standard InChI is InChI=1S/C23H26FN3O3S.ClH/c1-29-19-7-8-20-21(16-19)31-23(25-20)27(10-2-9-26-11-13-30-14-12-26)22(28)15-17-3-5-18(24)6-4-17;/h3-8,16H,2,9-15H2,1H3;1H. The lowest BCUT2D eigenvalue weighted by atomic mass is 10.1. The van der Waals surface area contributed by atoms with Gasteiger partial charge in [0.2, 0.25) is 5.91 Å². The minimum Gasteiger partial charge on any atom is -0.497 e. The van der Waals surface area contributed by atoms with Crippen LogP contribution >= 0.6 is 23.7 Å². The van der Waals surface area contributed by atoms with Gasteiger partial charge >= 0.3 is 0 Å². The van der Waals surface area contributed by atoms with Crippen molar-refractivity contribution in [2.75, 3.05) is 51.4 Å². The number of aromatic nitrogens is 1. The van der Waals surface area contributed by atoms with Crippen molar-refractivity contribution in [2.24, 2.45) is 0 Å². The third-order valence-electron chi connectivity index (χ3n) is 5.34. The lowest BCUT2D eigenvalue weighted by Gasteiger charge is -2.27. The summed E-state index contributed by atoms with van der Waals surface area (Å²) in [5, 5.41) is 0.678. The minimum absolute atomic E-state index is 0. The maximum atomic E-state index is 13.2. The van der Waals surface area contributed by atoms with Gasteiger partial charge in [0.15, 0.2) is 5.13 Å². The third kappa shape index (κ3) is 6.16. The van der Waals surface area contributed by atoms with Crippen LogP contribution in [0.25, 0.3) is 10.2 Å². The average molecular weight is 480 g/mol. The molecule has 0 N–H and O–H groups in total. The Morgan fingerprint density at radius 3 is 2.69 bits per heavy atom. The van der Waals surface area contributed by atoms with Gasteiger partial charge in [-0.05, 0) is 42.3 Å². The summed E-state index contributed by atoms with van der Waals surface area (Å²) in [6.45, 7) is 4.84. The number of fused-ring (bicyclic) bond motifs is 1. The summed E-state index contributed by atoms with van der Waals surface area (Å²) in [6, 6.07) is 11.8. The smallest absolute Gasteiger partial charge is 0.233 e. The number of thiazole rings is 1. The molecule has 0 saturated carbocycles. The number of anilines is 1. The second-order valence-corrected chi connectivity index (χ2v) is 8.50. The minimum atomic E-state index is -0.307. The van der Waals surface area contributed by atoms with Gasteiger partial charge in [0, 0.05) is 26.2 Å². The zero-order valence-corrected chi connectivity index (χ0v) is 19.6. The normalized spacial score (nSPS) is 14.2. The quantitative estimate of drug-likeness (QED) is 0.485. The van der Waals surface area contributed by atoms with E-state index in [4.69, 9.17) is 14.5 Å². The summed E-state index contributed by atoms with van der Waals surface area (Å²) < 4.78 is 24.9. The zero-order valence-electron chi connectivity index (χ0n) is 18.0. The number of ether oxygens (including phenoxy) is 2. The molecular weight excluding hydrogens is 453 g/mol. The van der Waals surface area contributed by atoms with Crippen LogP contribution < -0.4 is 9.64 Å². The van der Waals surface area contributed by atoms with E-state index in [1.165, 1.54) is 23.5 Å². The van der Waals surface area contributed by atoms with Gasteiger partial charge in [-0.1, -0.05) is 23.5 Å². The number of rotatable bonds is 8. The van der Waals surface area contributed by atoms with Crippen LogP contribution in [0.4, 0.5) is 9.52 Å². The van der Waals surface area contributed by atoms with Crippen LogP contribution in [-0.2, 0) is 16.0 Å². The molecule has 172 valence electrons. The summed E-state index contributed by atoms with van der Waals surface area (Å²) in [7, 11) is 1.63. The number of hydrogen-bond acceptors (Lipinski definition) is 6. The van der Waals surface area contributed by atoms with Crippen molar-refractivity contribution < 1.29 is 18.7 Å². The first kappa shape index (κ1) is 24.4. The summed E-state index contributed by atoms with van der Waals surface area (Å²) in [5.74, 6) is 0.414. The van der Waals surface area contributed by atoms with E-state index >= 15 is 0 Å². The van der Waals surface area contributed by atoms with Crippen LogP contribution in [0.1, 0.15) is 12.0 Å². The molecule has 0 bridgehead atoms. The van der Waals surface area contributed by atoms with Gasteiger partial charge in [0.05, 0.1) is 37.0 Å². The Bertz CT molecular complexity index is 1030. The Morgan fingerprint density at radius 2 is 1.97 bits per heavy atom. The first-order chi connectivity index (χ1) is 15.1. The molecule has 3 aromatic rings. The van der Waals surface area contributed by atoms with Gasteiger partial charge in [-0.2, -0.15) is 0 Å². The molecule has 0 radical (unpaired) electrons. The number of carbonyl (C=O) groups is 1. The molecule has 0 unspecified atom stereocenters. The predicted molar refractivity (Wildman–Crippen MR) is 128 cm³/mol. The highest BCUT2D eigenvalue weighted by Crippen LogP contribution is 2.32. The SMILES string of the molecule is COc1ccc2nc(N(CCCN3CCOCC3)C(=O)Cc3ccc(F)cc3)sc2c1.Cl. The highest BCUT2D eigenvalue weighted by Gasteiger charge is 2.21. The first-order valence-corrected chi connectivity index (χ1v) is 11.2. The summed E-state index contributed by atoms with van der Waals surface area (Å²) in [6.07, 6.45) is 1.05. The second kappa shape index (κ2) is 11.6. The summed E-state index contributed by atoms with van der Waals surface area (Å²) in [5.41, 5.74) is 1.63. The van der Waals surface area contributed by atoms with E-state index in [0.717, 1.165) is 60.8 Å². The van der Waals surface area contributed by atoms with E-state index in [-0.39, 0.29) is 30.6 Å². The molecule has 0 atom stereocenters. The number of benzene rings is 2. The molecule has 1 amide bonds. The van der Waals surface area contributed by atoms with Crippen molar-refractivity contribution in [1.29, 1.82) is 0 Å². The van der Waals surface area contributed by atoms with E-state index in [9.17, 15) is 9.18 Å². The highest BCUT2D eigenvalue weighted by molar-refractivity contribution is 7.22. The lowest BCUT2D eigenvalue weighted by Crippen LogP contribution is -2.39. The molecule has 1 fully saturated rings. The molecule has 2 heterocycles. The van der Waals surface area contributed by atoms with E-state index < -0.39 is 0 Å². The largest absolute Gasteiger partial charge is 0.497 e. The van der Waals surface area contributed by atoms with Crippen molar-refractivity contribution in [1.82, 2.24) is 9.88 Å². The molecule has 1 saturated heterocycles. The van der Waals surface area contributed by atoms with Gasteiger partial charge in [0.25, 0.3) is 0 Å². The molecule has 1 aliphatic heterocycles. The number of morpholine rings is 1. The molecule has 6 nitrogen and oxygen atoms in total. The molecule has 2 aromatic carbocycles. The van der Waals surface area contributed by atoms with Gasteiger partial charge < -0.3 is 9.47 Å². The molecule has 0 aliphatic carbocycles. The van der Waals surface area contributed by atoms with Crippen LogP contribution in [-0.4, -0.2) is 62.3 Å². The van der Waals surface area contributed by atoms with Crippen molar-refractivity contribution in [3.05, 3.63) is 53.8 Å². The first-order valence-electron chi connectivity index (χ1n) is 10.4. The maximum absolute atomic E-state index is 13.2. The maximum Gasteiger partial charge on any atom is 0.233 e. The fraction of sp³-hybridized carbons (Fsp3) is 0.391. The molecule has 1 aliphatic rings. The van der Waals surface area contributed by atoms with Gasteiger partial charge in [-0.25, -0.2) is 9.37 Å². The average Bonchev–Trinajstić information content (AvgIpc) is 3.21. The Kier molecular flexibility index (Phi) is 8.81. The van der Waals surface area contributed by atoms with Crippen molar-refractivity contribution >= 4 is 45.0 Å². The fourth-order valence-corrected chi connectivity index (χ4v) is 4.65. The van der Waals surface area contributed by atoms with Crippen LogP contribution in [0.3, 0.4) is 0 Å². The number of hydrogen-bond donors (Lipinski definition) is 0. The third-order valence-corrected chi connectivity index (χ3v) is 6.39. The molecule has 0 spiro atoms. The van der Waals surface area contributed by atoms with E-state index in [2.05, 4.69) is 4.90 Å². The number of halogens is 2. The van der Waals surface area contributed by atoms with Gasteiger partial charge in [-0.3, -0.25) is 14.6 Å². The lowest BCUT2D eigenvalue weighted by molar-refractivity contribution is -0.118. The molecule has 4 rings (SSSR count). The van der Waals surface area contributed by atoms with Crippen LogP contribution in [0.2, 0.25) is 0 Å². The number of nitrogens with zero attached hydrogens (tertiary/aromatic N) is 3. The van der Waals surface area contributed by atoms with Crippen molar-refractivity contribution in [3.8, 4) is 5.75 Å². The molecule has 32 heavy (non-hydrogen) atoms. The Labute approximate surface area is 197 Å². The Morgan fingerprint density at radius 1 is 1.22 bits per heavy atom. The fourth-order valence-electron chi connectivity index (χ4n) is 3.61. The Hall–Kier alpha value is -2.26. The predicted octanol–water partition coefficient (Wildman–Crippen LogP) is 4.16. The van der Waals surface area contributed by atoms with Crippen molar-refractivity contribution in [2.45, 2.75) is 12.8 Å². The van der Waals surface area contributed by atoms with Crippen LogP contribution in [0.15, 0.2) is 42.5 Å². The molecule has 1 aromatic heterocycles. The van der Waals surface area contributed by atoms with E-state index in [0.29, 0.717) is 11.7 Å². The second-order valence-electron chi connectivity index (χ2n) is 7.49. The van der Waals surface area contributed by atoms with Crippen LogP contribution in [0.5, 0.6) is 5.75 Å². The highest BCUT2D eigenvalue weighted by atomic mass is 35.5. The topological polar surface area (TPSA) is 54.9 Å². The van der Waals surface area contributed by atoms with Gasteiger partial charge in [-0.15, -0.1) is 12.4 Å². The number of amides is 1. The van der Waals surface area contributed by atoms with E-state index in [1.807, 2.05) is 18.2 Å². The van der Waals surface area contributed by atoms with Crippen molar-refractivity contribution in [3.63, 3.8) is 0 Å². The Balaban J connectivity index is 0.00000289. The van der Waals surface area contributed by atoms with Gasteiger partial charge in [0.1, 0.15) is 11.6 Å². The van der Waals surface area contributed by atoms with Crippen LogP contribution in [0, 0.1) is 5.82 Å². The monoisotopic (exact) mass is 479 g/mol. The summed E-state index contributed by atoms with van der Waals surface area (Å²) >= 11 is 1.48. The summed E-state index contributed by atoms with van der Waals surface area (Å²) in [4.78, 5) is 22.0. The van der Waals surface area contributed by atoms with E-state index in [1.54, 1.807) is 24.1 Å². The number of carbonyl (C=O) groups excluding carboxylic acids is 1. The molecular formula is C23H27ClFN3O3S.